The number of benzene rings is 1. The summed E-state index contributed by atoms with van der Waals surface area (Å²) in [5.41, 5.74) is 1.75. The van der Waals surface area contributed by atoms with Crippen molar-refractivity contribution in [1.29, 1.82) is 0 Å². The molecule has 0 saturated heterocycles. The number of rotatable bonds is 6. The van der Waals surface area contributed by atoms with Gasteiger partial charge in [-0.2, -0.15) is 0 Å². The lowest BCUT2D eigenvalue weighted by molar-refractivity contribution is 0.293. The van der Waals surface area contributed by atoms with Gasteiger partial charge in [-0.25, -0.2) is 4.39 Å². The van der Waals surface area contributed by atoms with Gasteiger partial charge in [0.15, 0.2) is 4.77 Å². The molecule has 0 radical (unpaired) electrons. The molecule has 1 N–H and O–H groups in total. The van der Waals surface area contributed by atoms with Gasteiger partial charge in [0.25, 0.3) is 0 Å². The number of nitrogens with zero attached hydrogens (tertiary/aromatic N) is 2. The Balaban J connectivity index is 2.12. The van der Waals surface area contributed by atoms with E-state index in [9.17, 15) is 4.39 Å². The zero-order valence-corrected chi connectivity index (χ0v) is 12.3. The van der Waals surface area contributed by atoms with E-state index in [2.05, 4.69) is 23.7 Å². The van der Waals surface area contributed by atoms with Crippen molar-refractivity contribution in [3.05, 3.63) is 28.8 Å². The van der Waals surface area contributed by atoms with Crippen molar-refractivity contribution >= 4 is 23.3 Å². The van der Waals surface area contributed by atoms with Crippen LogP contribution in [0.4, 0.5) is 4.39 Å². The van der Waals surface area contributed by atoms with Crippen LogP contribution in [0.2, 0.25) is 0 Å². The van der Waals surface area contributed by atoms with Crippen molar-refractivity contribution in [3.8, 4) is 0 Å². The average molecular weight is 281 g/mol. The van der Waals surface area contributed by atoms with Gasteiger partial charge in [0, 0.05) is 6.54 Å². The molecule has 0 bridgehead atoms. The quantitative estimate of drug-likeness (QED) is 0.818. The van der Waals surface area contributed by atoms with E-state index in [0.29, 0.717) is 4.77 Å². The number of halogens is 1. The number of hydrogen-bond acceptors (Lipinski definition) is 2. The predicted octanol–water partition coefficient (Wildman–Crippen LogP) is 3.57. The molecule has 0 atom stereocenters. The zero-order valence-electron chi connectivity index (χ0n) is 11.4. The Labute approximate surface area is 118 Å². The van der Waals surface area contributed by atoms with Crippen molar-refractivity contribution in [2.24, 2.45) is 0 Å². The Morgan fingerprint density at radius 1 is 1.32 bits per heavy atom. The van der Waals surface area contributed by atoms with Crippen molar-refractivity contribution < 1.29 is 4.39 Å². The van der Waals surface area contributed by atoms with Crippen LogP contribution < -0.4 is 0 Å². The summed E-state index contributed by atoms with van der Waals surface area (Å²) in [6.07, 6.45) is 1.04. The molecule has 0 aliphatic rings. The Morgan fingerprint density at radius 3 is 2.74 bits per heavy atom. The number of hydrogen-bond donors (Lipinski definition) is 1. The summed E-state index contributed by atoms with van der Waals surface area (Å²) >= 11 is 5.30. The number of aromatic nitrogens is 2. The van der Waals surface area contributed by atoms with Crippen molar-refractivity contribution in [2.45, 2.75) is 26.8 Å². The van der Waals surface area contributed by atoms with Crippen LogP contribution in [-0.2, 0) is 6.54 Å². The first-order valence-corrected chi connectivity index (χ1v) is 7.17. The molecule has 3 nitrogen and oxygen atoms in total. The molecule has 19 heavy (non-hydrogen) atoms. The lowest BCUT2D eigenvalue weighted by Gasteiger charge is -2.17. The van der Waals surface area contributed by atoms with Crippen LogP contribution in [0, 0.1) is 10.6 Å². The van der Waals surface area contributed by atoms with Crippen LogP contribution in [0.5, 0.6) is 0 Å². The van der Waals surface area contributed by atoms with Gasteiger partial charge in [-0.15, -0.1) is 0 Å². The molecular weight excluding hydrogens is 261 g/mol. The van der Waals surface area contributed by atoms with Gasteiger partial charge in [-0.05, 0) is 56.5 Å². The molecule has 0 aliphatic heterocycles. The molecule has 0 amide bonds. The second-order valence-corrected chi connectivity index (χ2v) is 5.01. The molecule has 1 aromatic carbocycles. The van der Waals surface area contributed by atoms with E-state index >= 15 is 0 Å². The first kappa shape index (κ1) is 14.2. The van der Waals surface area contributed by atoms with Crippen LogP contribution in [0.3, 0.4) is 0 Å². The molecule has 0 unspecified atom stereocenters. The third kappa shape index (κ3) is 3.22. The Morgan fingerprint density at radius 2 is 2.05 bits per heavy atom. The van der Waals surface area contributed by atoms with Gasteiger partial charge < -0.3 is 14.5 Å². The van der Waals surface area contributed by atoms with Gasteiger partial charge in [-0.1, -0.05) is 13.8 Å². The van der Waals surface area contributed by atoms with Crippen molar-refractivity contribution in [2.75, 3.05) is 19.6 Å². The zero-order chi connectivity index (χ0) is 13.8. The van der Waals surface area contributed by atoms with E-state index in [-0.39, 0.29) is 5.82 Å². The standard InChI is InChI=1S/C14H20FN3S/c1-3-17(4-2)8-5-9-18-13-7-6-11(15)10-12(13)16-14(18)19/h6-7,10H,3-5,8-9H2,1-2H3,(H,16,19). The second-order valence-electron chi connectivity index (χ2n) is 4.62. The lowest BCUT2D eigenvalue weighted by atomic mass is 10.3. The fourth-order valence-corrected chi connectivity index (χ4v) is 2.65. The van der Waals surface area contributed by atoms with E-state index in [1.807, 2.05) is 4.57 Å². The van der Waals surface area contributed by atoms with Crippen LogP contribution in [0.25, 0.3) is 11.0 Å². The molecular formula is C14H20FN3S. The van der Waals surface area contributed by atoms with Crippen LogP contribution >= 0.6 is 12.2 Å². The SMILES string of the molecule is CCN(CC)CCCn1c(=S)[nH]c2cc(F)ccc21. The third-order valence-corrected chi connectivity index (χ3v) is 3.81. The molecule has 5 heteroatoms. The number of aromatic amines is 1. The fraction of sp³-hybridized carbons (Fsp3) is 0.500. The maximum atomic E-state index is 13.2. The number of H-pyrrole nitrogens is 1. The van der Waals surface area contributed by atoms with Crippen LogP contribution in [0.15, 0.2) is 18.2 Å². The van der Waals surface area contributed by atoms with E-state index in [1.54, 1.807) is 6.07 Å². The van der Waals surface area contributed by atoms with Gasteiger partial charge in [0.2, 0.25) is 0 Å². The number of aryl methyl sites for hydroxylation is 1. The average Bonchev–Trinajstić information content (AvgIpc) is 2.70. The largest absolute Gasteiger partial charge is 0.330 e. The minimum Gasteiger partial charge on any atom is -0.330 e. The number of nitrogens with one attached hydrogen (secondary N) is 1. The summed E-state index contributed by atoms with van der Waals surface area (Å²) in [4.78, 5) is 5.45. The molecule has 1 heterocycles. The molecule has 1 aromatic heterocycles. The van der Waals surface area contributed by atoms with Gasteiger partial charge in [-0.3, -0.25) is 0 Å². The third-order valence-electron chi connectivity index (χ3n) is 3.49. The monoisotopic (exact) mass is 281 g/mol. The van der Waals surface area contributed by atoms with Gasteiger partial charge >= 0.3 is 0 Å². The number of fused-ring (bicyclic) bond motifs is 1. The van der Waals surface area contributed by atoms with E-state index in [4.69, 9.17) is 12.2 Å². The normalized spacial score (nSPS) is 11.6. The van der Waals surface area contributed by atoms with Crippen molar-refractivity contribution in [1.82, 2.24) is 14.5 Å². The lowest BCUT2D eigenvalue weighted by Crippen LogP contribution is -2.24. The van der Waals surface area contributed by atoms with Crippen LogP contribution in [-0.4, -0.2) is 34.1 Å². The number of imidazole rings is 1. The molecule has 0 spiro atoms. The Hall–Kier alpha value is -1.20. The maximum Gasteiger partial charge on any atom is 0.178 e. The highest BCUT2D eigenvalue weighted by atomic mass is 32.1. The minimum atomic E-state index is -0.237. The summed E-state index contributed by atoms with van der Waals surface area (Å²) in [7, 11) is 0. The van der Waals surface area contributed by atoms with E-state index in [1.165, 1.54) is 12.1 Å². The summed E-state index contributed by atoms with van der Waals surface area (Å²) < 4.78 is 15.9. The van der Waals surface area contributed by atoms with Gasteiger partial charge in [0.05, 0.1) is 11.0 Å². The molecule has 0 aliphatic carbocycles. The molecule has 2 aromatic rings. The maximum absolute atomic E-state index is 13.2. The van der Waals surface area contributed by atoms with Crippen molar-refractivity contribution in [3.63, 3.8) is 0 Å². The molecule has 0 saturated carbocycles. The van der Waals surface area contributed by atoms with Gasteiger partial charge in [0.1, 0.15) is 5.82 Å². The summed E-state index contributed by atoms with van der Waals surface area (Å²) in [6, 6.07) is 4.76. The molecule has 0 fully saturated rings. The Bertz CT molecular complexity index is 598. The second kappa shape index (κ2) is 6.30. The minimum absolute atomic E-state index is 0.237. The Kier molecular flexibility index (Phi) is 4.71. The molecule has 104 valence electrons. The highest BCUT2D eigenvalue weighted by Gasteiger charge is 2.06. The smallest absolute Gasteiger partial charge is 0.178 e. The summed E-state index contributed by atoms with van der Waals surface area (Å²) in [6.45, 7) is 8.40. The summed E-state index contributed by atoms with van der Waals surface area (Å²) in [5.74, 6) is -0.237. The van der Waals surface area contributed by atoms with Crippen LogP contribution in [0.1, 0.15) is 20.3 Å². The summed E-state index contributed by atoms with van der Waals surface area (Å²) in [5, 5.41) is 0. The predicted molar refractivity (Wildman–Crippen MR) is 79.5 cm³/mol. The first-order chi connectivity index (χ1) is 9.15. The molecule has 2 rings (SSSR count). The fourth-order valence-electron chi connectivity index (χ4n) is 2.35. The topological polar surface area (TPSA) is 24.0 Å². The van der Waals surface area contributed by atoms with E-state index < -0.39 is 0 Å². The first-order valence-electron chi connectivity index (χ1n) is 6.76. The van der Waals surface area contributed by atoms with E-state index in [0.717, 1.165) is 43.6 Å². The highest BCUT2D eigenvalue weighted by molar-refractivity contribution is 7.71. The highest BCUT2D eigenvalue weighted by Crippen LogP contribution is 2.16.